The second-order valence-electron chi connectivity index (χ2n) is 8.67. The van der Waals surface area contributed by atoms with Gasteiger partial charge in [0.1, 0.15) is 5.75 Å². The van der Waals surface area contributed by atoms with E-state index in [-0.39, 0.29) is 18.3 Å². The molecule has 1 amide bonds. The molecule has 8 heteroatoms. The molecule has 0 aliphatic carbocycles. The van der Waals surface area contributed by atoms with Gasteiger partial charge in [0, 0.05) is 34.5 Å². The number of aryl methyl sites for hydroxylation is 1. The van der Waals surface area contributed by atoms with E-state index in [1.165, 1.54) is 0 Å². The molecule has 3 rings (SSSR count). The van der Waals surface area contributed by atoms with E-state index < -0.39 is 0 Å². The van der Waals surface area contributed by atoms with Crippen LogP contribution in [0.4, 0.5) is 5.82 Å². The SMILES string of the molecule is Cc1cc(NC(=O)c2ccc(CN(C)C)cc2)nn1Cc1cc(Cl)ccc1OCC(C)C.Cl. The number of carbonyl (C=O) groups excluding carboxylic acids is 1. The Balaban J connectivity index is 0.00000385. The van der Waals surface area contributed by atoms with Crippen LogP contribution in [0.15, 0.2) is 48.5 Å². The van der Waals surface area contributed by atoms with Crippen molar-refractivity contribution >= 4 is 35.7 Å². The molecule has 0 aliphatic rings. The molecule has 1 heterocycles. The smallest absolute Gasteiger partial charge is 0.256 e. The third-order valence-corrected chi connectivity index (χ3v) is 5.09. The van der Waals surface area contributed by atoms with Crippen molar-refractivity contribution in [3.8, 4) is 5.75 Å². The van der Waals surface area contributed by atoms with Crippen molar-refractivity contribution in [1.82, 2.24) is 14.7 Å². The van der Waals surface area contributed by atoms with Gasteiger partial charge in [-0.1, -0.05) is 37.6 Å². The van der Waals surface area contributed by atoms with E-state index in [9.17, 15) is 4.79 Å². The fraction of sp³-hybridized carbons (Fsp3) is 0.360. The highest BCUT2D eigenvalue weighted by molar-refractivity contribution is 6.30. The summed E-state index contributed by atoms with van der Waals surface area (Å²) in [6.07, 6.45) is 0. The van der Waals surface area contributed by atoms with Gasteiger partial charge in [0.15, 0.2) is 5.82 Å². The maximum absolute atomic E-state index is 12.7. The zero-order valence-corrected chi connectivity index (χ0v) is 21.3. The van der Waals surface area contributed by atoms with Gasteiger partial charge >= 0.3 is 0 Å². The van der Waals surface area contributed by atoms with E-state index in [0.717, 1.165) is 29.1 Å². The number of amides is 1. The molecule has 0 radical (unpaired) electrons. The first kappa shape index (κ1) is 26.7. The van der Waals surface area contributed by atoms with E-state index in [1.54, 1.807) is 0 Å². The van der Waals surface area contributed by atoms with Gasteiger partial charge in [-0.3, -0.25) is 9.48 Å². The lowest BCUT2D eigenvalue weighted by atomic mass is 10.1. The first-order valence-electron chi connectivity index (χ1n) is 10.7. The highest BCUT2D eigenvalue weighted by atomic mass is 35.5. The van der Waals surface area contributed by atoms with Gasteiger partial charge in [0.25, 0.3) is 5.91 Å². The molecule has 1 N–H and O–H groups in total. The minimum atomic E-state index is -0.185. The minimum Gasteiger partial charge on any atom is -0.493 e. The van der Waals surface area contributed by atoms with E-state index in [0.29, 0.717) is 35.5 Å². The van der Waals surface area contributed by atoms with Crippen LogP contribution >= 0.6 is 24.0 Å². The van der Waals surface area contributed by atoms with Crippen LogP contribution < -0.4 is 10.1 Å². The average molecular weight is 491 g/mol. The van der Waals surface area contributed by atoms with Crippen LogP contribution in [0.2, 0.25) is 5.02 Å². The Morgan fingerprint density at radius 1 is 1.15 bits per heavy atom. The molecule has 0 bridgehead atoms. The molecule has 0 unspecified atom stereocenters. The van der Waals surface area contributed by atoms with Crippen molar-refractivity contribution < 1.29 is 9.53 Å². The summed E-state index contributed by atoms with van der Waals surface area (Å²) in [6, 6.07) is 15.1. The molecule has 1 aromatic heterocycles. The Labute approximate surface area is 207 Å². The fourth-order valence-electron chi connectivity index (χ4n) is 3.28. The lowest BCUT2D eigenvalue weighted by molar-refractivity contribution is 0.102. The Hall–Kier alpha value is -2.54. The van der Waals surface area contributed by atoms with E-state index in [4.69, 9.17) is 16.3 Å². The fourth-order valence-corrected chi connectivity index (χ4v) is 3.47. The Morgan fingerprint density at radius 3 is 2.48 bits per heavy atom. The highest BCUT2D eigenvalue weighted by Gasteiger charge is 2.13. The summed E-state index contributed by atoms with van der Waals surface area (Å²) in [4.78, 5) is 14.8. The Bertz CT molecular complexity index is 1060. The van der Waals surface area contributed by atoms with E-state index in [2.05, 4.69) is 29.2 Å². The summed E-state index contributed by atoms with van der Waals surface area (Å²) < 4.78 is 7.79. The summed E-state index contributed by atoms with van der Waals surface area (Å²) in [7, 11) is 4.03. The normalized spacial score (nSPS) is 10.9. The number of hydrogen-bond donors (Lipinski definition) is 1. The van der Waals surface area contributed by atoms with Crippen LogP contribution in [0.5, 0.6) is 5.75 Å². The number of ether oxygens (including phenoxy) is 1. The number of aromatic nitrogens is 2. The van der Waals surface area contributed by atoms with Crippen molar-refractivity contribution in [2.24, 2.45) is 5.92 Å². The van der Waals surface area contributed by atoms with E-state index in [1.807, 2.05) is 74.2 Å². The maximum atomic E-state index is 12.7. The van der Waals surface area contributed by atoms with E-state index >= 15 is 0 Å². The number of hydrogen-bond acceptors (Lipinski definition) is 4. The lowest BCUT2D eigenvalue weighted by Crippen LogP contribution is -2.14. The quantitative estimate of drug-likeness (QED) is 0.420. The number of benzene rings is 2. The number of carbonyl (C=O) groups is 1. The minimum absolute atomic E-state index is 0. The molecular weight excluding hydrogens is 459 g/mol. The zero-order valence-electron chi connectivity index (χ0n) is 19.8. The van der Waals surface area contributed by atoms with Crippen LogP contribution in [0.3, 0.4) is 0 Å². The van der Waals surface area contributed by atoms with Crippen molar-refractivity contribution in [3.63, 3.8) is 0 Å². The monoisotopic (exact) mass is 490 g/mol. The van der Waals surface area contributed by atoms with Gasteiger partial charge in [0.05, 0.1) is 13.2 Å². The summed E-state index contributed by atoms with van der Waals surface area (Å²) in [5, 5.41) is 8.11. The average Bonchev–Trinajstić information content (AvgIpc) is 3.06. The summed E-state index contributed by atoms with van der Waals surface area (Å²) in [5.41, 5.74) is 3.62. The number of halogens is 2. The summed E-state index contributed by atoms with van der Waals surface area (Å²) >= 11 is 6.22. The molecule has 3 aromatic rings. The molecule has 33 heavy (non-hydrogen) atoms. The number of rotatable bonds is 9. The Kier molecular flexibility index (Phi) is 9.77. The van der Waals surface area contributed by atoms with Gasteiger partial charge in [-0.05, 0) is 62.8 Å². The molecule has 0 aliphatic heterocycles. The van der Waals surface area contributed by atoms with Crippen LogP contribution in [-0.4, -0.2) is 41.3 Å². The predicted octanol–water partition coefficient (Wildman–Crippen LogP) is 5.66. The van der Waals surface area contributed by atoms with Gasteiger partial charge in [-0.25, -0.2) is 0 Å². The number of nitrogens with zero attached hydrogens (tertiary/aromatic N) is 3. The second kappa shape index (κ2) is 12.1. The lowest BCUT2D eigenvalue weighted by Gasteiger charge is -2.14. The first-order valence-corrected chi connectivity index (χ1v) is 11.1. The maximum Gasteiger partial charge on any atom is 0.256 e. The standard InChI is InChI=1S/C25H31ClN4O2.ClH/c1-17(2)16-32-23-11-10-22(26)13-21(23)15-30-18(3)12-24(28-30)27-25(31)20-8-6-19(7-9-20)14-29(4)5;/h6-13,17H,14-16H2,1-5H3,(H,27,28,31);1H. The molecule has 0 atom stereocenters. The third kappa shape index (κ3) is 7.77. The van der Waals surface area contributed by atoms with Crippen LogP contribution in [0, 0.1) is 12.8 Å². The number of nitrogens with one attached hydrogen (secondary N) is 1. The topological polar surface area (TPSA) is 59.4 Å². The molecular formula is C25H32Cl2N4O2. The summed E-state index contributed by atoms with van der Waals surface area (Å²) in [6.45, 7) is 8.13. The summed E-state index contributed by atoms with van der Waals surface area (Å²) in [5.74, 6) is 1.54. The van der Waals surface area contributed by atoms with Crippen molar-refractivity contribution in [1.29, 1.82) is 0 Å². The molecule has 0 saturated carbocycles. The predicted molar refractivity (Wildman–Crippen MR) is 137 cm³/mol. The van der Waals surface area contributed by atoms with Crippen molar-refractivity contribution in [2.45, 2.75) is 33.9 Å². The van der Waals surface area contributed by atoms with Crippen LogP contribution in [-0.2, 0) is 13.1 Å². The van der Waals surface area contributed by atoms with Crippen molar-refractivity contribution in [3.05, 3.63) is 75.9 Å². The molecule has 0 saturated heterocycles. The van der Waals surface area contributed by atoms with Gasteiger partial charge in [0.2, 0.25) is 0 Å². The first-order chi connectivity index (χ1) is 15.2. The van der Waals surface area contributed by atoms with Gasteiger partial charge < -0.3 is 15.0 Å². The molecule has 6 nitrogen and oxygen atoms in total. The van der Waals surface area contributed by atoms with Crippen LogP contribution in [0.25, 0.3) is 0 Å². The van der Waals surface area contributed by atoms with Crippen LogP contribution in [0.1, 0.15) is 41.0 Å². The van der Waals surface area contributed by atoms with Gasteiger partial charge in [-0.2, -0.15) is 5.10 Å². The zero-order chi connectivity index (χ0) is 23.3. The molecule has 0 spiro atoms. The third-order valence-electron chi connectivity index (χ3n) is 4.85. The molecule has 178 valence electrons. The van der Waals surface area contributed by atoms with Gasteiger partial charge in [-0.15, -0.1) is 12.4 Å². The number of anilines is 1. The highest BCUT2D eigenvalue weighted by Crippen LogP contribution is 2.25. The molecule has 0 fully saturated rings. The Morgan fingerprint density at radius 2 is 1.85 bits per heavy atom. The largest absolute Gasteiger partial charge is 0.493 e. The second-order valence-corrected chi connectivity index (χ2v) is 9.11. The molecule has 2 aromatic carbocycles. The van der Waals surface area contributed by atoms with Crippen molar-refractivity contribution in [2.75, 3.05) is 26.0 Å².